The number of quaternary nitrogens is 1. The van der Waals surface area contributed by atoms with Crippen molar-refractivity contribution in [3.05, 3.63) is 58.7 Å². The molecule has 7 heteroatoms. The van der Waals surface area contributed by atoms with Crippen molar-refractivity contribution in [3.63, 3.8) is 0 Å². The molecule has 0 aliphatic carbocycles. The van der Waals surface area contributed by atoms with Crippen molar-refractivity contribution >= 4 is 23.3 Å². The molecule has 1 atom stereocenters. The Morgan fingerprint density at radius 3 is 2.50 bits per heavy atom. The Morgan fingerprint density at radius 1 is 1.19 bits per heavy atom. The number of likely N-dealkylation sites (tertiary alicyclic amines) is 2. The van der Waals surface area contributed by atoms with Crippen LogP contribution in [0.25, 0.3) is 0 Å². The summed E-state index contributed by atoms with van der Waals surface area (Å²) < 4.78 is 5.83. The van der Waals surface area contributed by atoms with Gasteiger partial charge in [-0.15, -0.1) is 0 Å². The summed E-state index contributed by atoms with van der Waals surface area (Å²) in [6, 6.07) is 11.9. The number of aromatic nitrogens is 1. The number of nitrogen functional groups attached to an aromatic ring is 1. The van der Waals surface area contributed by atoms with Crippen molar-refractivity contribution in [2.45, 2.75) is 38.3 Å². The first kappa shape index (κ1) is 23.0. The first-order chi connectivity index (χ1) is 15.5. The lowest BCUT2D eigenvalue weighted by molar-refractivity contribution is -0.919. The van der Waals surface area contributed by atoms with Crippen molar-refractivity contribution in [2.75, 3.05) is 39.0 Å². The number of anilines is 1. The Kier molecular flexibility index (Phi) is 7.66. The molecule has 0 radical (unpaired) electrons. The first-order valence-corrected chi connectivity index (χ1v) is 12.0. The topological polar surface area (TPSA) is 72.9 Å². The summed E-state index contributed by atoms with van der Waals surface area (Å²) in [6.07, 6.45) is 5.69. The predicted molar refractivity (Wildman–Crippen MR) is 126 cm³/mol. The van der Waals surface area contributed by atoms with Crippen LogP contribution in [0.4, 0.5) is 5.82 Å². The number of halogens is 1. The van der Waals surface area contributed by atoms with Gasteiger partial charge in [-0.2, -0.15) is 0 Å². The number of hydrogen-bond acceptors (Lipinski definition) is 4. The van der Waals surface area contributed by atoms with Crippen LogP contribution in [0.2, 0.25) is 5.02 Å². The van der Waals surface area contributed by atoms with Crippen molar-refractivity contribution in [2.24, 2.45) is 11.8 Å². The SMILES string of the molecule is COC(c1ccc(Cl)cc1)C1CCN(C(=O)C2CC[NH+](Cc3ccnc(N)c3)CC2)CC1. The summed E-state index contributed by atoms with van der Waals surface area (Å²) in [5.41, 5.74) is 8.18. The molecule has 0 bridgehead atoms. The molecule has 2 aromatic rings. The zero-order valence-corrected chi connectivity index (χ0v) is 19.6. The lowest BCUT2D eigenvalue weighted by Crippen LogP contribution is -3.11. The highest BCUT2D eigenvalue weighted by Crippen LogP contribution is 2.34. The Labute approximate surface area is 195 Å². The zero-order chi connectivity index (χ0) is 22.5. The minimum Gasteiger partial charge on any atom is -0.384 e. The lowest BCUT2D eigenvalue weighted by Gasteiger charge is -2.38. The highest BCUT2D eigenvalue weighted by atomic mass is 35.5. The van der Waals surface area contributed by atoms with Crippen molar-refractivity contribution in [1.29, 1.82) is 0 Å². The summed E-state index contributed by atoms with van der Waals surface area (Å²) in [6.45, 7) is 4.64. The lowest BCUT2D eigenvalue weighted by atomic mass is 9.86. The van der Waals surface area contributed by atoms with Crippen LogP contribution in [0, 0.1) is 11.8 Å². The molecule has 3 N–H and O–H groups in total. The van der Waals surface area contributed by atoms with E-state index >= 15 is 0 Å². The molecule has 6 nitrogen and oxygen atoms in total. The van der Waals surface area contributed by atoms with Gasteiger partial charge in [-0.3, -0.25) is 4.79 Å². The van der Waals surface area contributed by atoms with Crippen molar-refractivity contribution in [3.8, 4) is 0 Å². The maximum atomic E-state index is 13.2. The molecule has 3 heterocycles. The maximum absolute atomic E-state index is 13.2. The van der Waals surface area contributed by atoms with Gasteiger partial charge in [-0.25, -0.2) is 4.98 Å². The van der Waals surface area contributed by atoms with E-state index < -0.39 is 0 Å². The molecule has 1 amide bonds. The number of hydrogen-bond donors (Lipinski definition) is 2. The number of nitrogens with zero attached hydrogens (tertiary/aromatic N) is 2. The van der Waals surface area contributed by atoms with Gasteiger partial charge in [0.2, 0.25) is 5.91 Å². The number of nitrogens with two attached hydrogens (primary N) is 1. The van der Waals surface area contributed by atoms with Gasteiger partial charge in [0.25, 0.3) is 0 Å². The molecule has 1 aromatic heterocycles. The van der Waals surface area contributed by atoms with Gasteiger partial charge in [0.1, 0.15) is 12.4 Å². The highest BCUT2D eigenvalue weighted by molar-refractivity contribution is 6.30. The molecule has 2 fully saturated rings. The fourth-order valence-corrected chi connectivity index (χ4v) is 5.40. The third-order valence-electron chi connectivity index (χ3n) is 7.07. The van der Waals surface area contributed by atoms with Crippen LogP contribution in [0.3, 0.4) is 0 Å². The number of piperidine rings is 2. The van der Waals surface area contributed by atoms with Gasteiger partial charge >= 0.3 is 0 Å². The second-order valence-electron chi connectivity index (χ2n) is 9.16. The molecular formula is C25H34ClN4O2+. The van der Waals surface area contributed by atoms with Gasteiger partial charge in [0.05, 0.1) is 19.2 Å². The quantitative estimate of drug-likeness (QED) is 0.699. The van der Waals surface area contributed by atoms with Crippen LogP contribution in [-0.2, 0) is 16.1 Å². The third kappa shape index (κ3) is 5.61. The second-order valence-corrected chi connectivity index (χ2v) is 9.60. The van der Waals surface area contributed by atoms with E-state index in [2.05, 4.69) is 9.88 Å². The number of pyridine rings is 1. The molecule has 0 saturated carbocycles. The van der Waals surface area contributed by atoms with E-state index in [0.717, 1.165) is 69.0 Å². The van der Waals surface area contributed by atoms with Crippen LogP contribution < -0.4 is 10.6 Å². The Morgan fingerprint density at radius 2 is 1.88 bits per heavy atom. The van der Waals surface area contributed by atoms with E-state index in [1.54, 1.807) is 13.3 Å². The molecule has 4 rings (SSSR count). The van der Waals surface area contributed by atoms with Crippen LogP contribution in [-0.4, -0.2) is 49.1 Å². The van der Waals surface area contributed by atoms with Crippen LogP contribution in [0.5, 0.6) is 0 Å². The van der Waals surface area contributed by atoms with Gasteiger partial charge in [0, 0.05) is 55.7 Å². The number of carbonyl (C=O) groups excluding carboxylic acids is 1. The standard InChI is InChI=1S/C25H33ClN4O2/c1-32-24(19-2-4-22(26)5-3-19)20-9-14-30(15-10-20)25(31)21-7-12-29(13-8-21)17-18-6-11-28-23(27)16-18/h2-6,11,16,20-21,24H,7-10,12-15,17H2,1H3,(H2,27,28)/p+1. The summed E-state index contributed by atoms with van der Waals surface area (Å²) in [7, 11) is 1.77. The highest BCUT2D eigenvalue weighted by Gasteiger charge is 2.34. The average Bonchev–Trinajstić information content (AvgIpc) is 2.81. The minimum absolute atomic E-state index is 0.0542. The van der Waals surface area contributed by atoms with Crippen LogP contribution in [0.15, 0.2) is 42.6 Å². The number of benzene rings is 1. The van der Waals surface area contributed by atoms with E-state index in [1.807, 2.05) is 36.4 Å². The number of nitrogens with one attached hydrogen (secondary N) is 1. The summed E-state index contributed by atoms with van der Waals surface area (Å²) in [4.78, 5) is 20.8. The molecule has 0 spiro atoms. The molecule has 32 heavy (non-hydrogen) atoms. The normalized spacial score (nSPS) is 23.1. The minimum atomic E-state index is 0.0542. The Bertz CT molecular complexity index is 891. The molecule has 1 aromatic carbocycles. The summed E-state index contributed by atoms with van der Waals surface area (Å²) >= 11 is 6.03. The van der Waals surface area contributed by atoms with E-state index in [1.165, 1.54) is 10.5 Å². The number of amides is 1. The number of carbonyl (C=O) groups is 1. The van der Waals surface area contributed by atoms with E-state index in [4.69, 9.17) is 22.1 Å². The number of rotatable bonds is 6. The van der Waals surface area contributed by atoms with Crippen LogP contribution >= 0.6 is 11.6 Å². The first-order valence-electron chi connectivity index (χ1n) is 11.6. The fraction of sp³-hybridized carbons (Fsp3) is 0.520. The third-order valence-corrected chi connectivity index (χ3v) is 7.33. The number of methoxy groups -OCH3 is 1. The molecule has 1 unspecified atom stereocenters. The van der Waals surface area contributed by atoms with Gasteiger partial charge in [-0.05, 0) is 48.6 Å². The average molecular weight is 458 g/mol. The van der Waals surface area contributed by atoms with Gasteiger partial charge in [0.15, 0.2) is 0 Å². The van der Waals surface area contributed by atoms with Gasteiger partial charge in [-0.1, -0.05) is 23.7 Å². The van der Waals surface area contributed by atoms with E-state index in [0.29, 0.717) is 17.6 Å². The van der Waals surface area contributed by atoms with E-state index in [-0.39, 0.29) is 12.0 Å². The Balaban J connectivity index is 1.25. The second kappa shape index (κ2) is 10.6. The number of ether oxygens (including phenoxy) is 1. The summed E-state index contributed by atoms with van der Waals surface area (Å²) in [5, 5.41) is 0.738. The predicted octanol–water partition coefficient (Wildman–Crippen LogP) is 2.74. The smallest absolute Gasteiger partial charge is 0.226 e. The largest absolute Gasteiger partial charge is 0.384 e. The fourth-order valence-electron chi connectivity index (χ4n) is 5.28. The maximum Gasteiger partial charge on any atom is 0.226 e. The summed E-state index contributed by atoms with van der Waals surface area (Å²) in [5.74, 6) is 1.50. The van der Waals surface area contributed by atoms with Crippen molar-refractivity contribution < 1.29 is 14.4 Å². The van der Waals surface area contributed by atoms with Gasteiger partial charge < -0.3 is 20.3 Å². The molecular weight excluding hydrogens is 424 g/mol. The van der Waals surface area contributed by atoms with Crippen LogP contribution in [0.1, 0.15) is 42.9 Å². The molecule has 2 aliphatic rings. The van der Waals surface area contributed by atoms with Crippen molar-refractivity contribution in [1.82, 2.24) is 9.88 Å². The monoisotopic (exact) mass is 457 g/mol. The zero-order valence-electron chi connectivity index (χ0n) is 18.8. The molecule has 2 aliphatic heterocycles. The molecule has 172 valence electrons. The molecule has 2 saturated heterocycles. The van der Waals surface area contributed by atoms with E-state index in [9.17, 15) is 4.79 Å². The Hall–Kier alpha value is -2.15.